The summed E-state index contributed by atoms with van der Waals surface area (Å²) < 4.78 is 0. The summed E-state index contributed by atoms with van der Waals surface area (Å²) in [7, 11) is 0. The average Bonchev–Trinajstić information content (AvgIpc) is 2.02. The number of rotatable bonds is 4. The SMILES string of the molecule is CC(=O)O.CC(C)=CCC/C(C)=C\CO. The lowest BCUT2D eigenvalue weighted by molar-refractivity contribution is -0.134. The molecule has 0 saturated carbocycles. The maximum absolute atomic E-state index is 9.00. The van der Waals surface area contributed by atoms with Gasteiger partial charge in [-0.2, -0.15) is 0 Å². The second-order valence-corrected chi connectivity index (χ2v) is 3.57. The molecule has 0 heterocycles. The summed E-state index contributed by atoms with van der Waals surface area (Å²) >= 11 is 0. The first-order chi connectivity index (χ1) is 6.90. The van der Waals surface area contributed by atoms with E-state index in [0.717, 1.165) is 19.8 Å². The molecule has 0 saturated heterocycles. The van der Waals surface area contributed by atoms with Crippen molar-refractivity contribution < 1.29 is 15.0 Å². The molecule has 0 atom stereocenters. The van der Waals surface area contributed by atoms with Crippen LogP contribution in [0.1, 0.15) is 40.5 Å². The fourth-order valence-electron chi connectivity index (χ4n) is 0.846. The molecule has 0 aliphatic carbocycles. The van der Waals surface area contributed by atoms with Crippen LogP contribution in [-0.4, -0.2) is 22.8 Å². The van der Waals surface area contributed by atoms with Crippen LogP contribution in [0, 0.1) is 0 Å². The van der Waals surface area contributed by atoms with E-state index in [1.165, 1.54) is 11.1 Å². The Morgan fingerprint density at radius 1 is 1.13 bits per heavy atom. The molecule has 0 unspecified atom stereocenters. The van der Waals surface area contributed by atoms with Crippen LogP contribution in [0.4, 0.5) is 0 Å². The Balaban J connectivity index is 0. The van der Waals surface area contributed by atoms with E-state index >= 15 is 0 Å². The average molecular weight is 214 g/mol. The molecule has 0 aliphatic rings. The zero-order chi connectivity index (χ0) is 12.3. The summed E-state index contributed by atoms with van der Waals surface area (Å²) in [5.41, 5.74) is 2.63. The molecule has 88 valence electrons. The zero-order valence-electron chi connectivity index (χ0n) is 10.1. The van der Waals surface area contributed by atoms with Crippen molar-refractivity contribution in [1.82, 2.24) is 0 Å². The number of carbonyl (C=O) groups is 1. The van der Waals surface area contributed by atoms with Crippen molar-refractivity contribution in [2.24, 2.45) is 0 Å². The van der Waals surface area contributed by atoms with Crippen LogP contribution >= 0.6 is 0 Å². The quantitative estimate of drug-likeness (QED) is 0.707. The molecule has 0 spiro atoms. The number of aliphatic hydroxyl groups is 1. The largest absolute Gasteiger partial charge is 0.481 e. The topological polar surface area (TPSA) is 57.5 Å². The summed E-state index contributed by atoms with van der Waals surface area (Å²) in [6.07, 6.45) is 6.23. The monoisotopic (exact) mass is 214 g/mol. The Bertz CT molecular complexity index is 219. The molecule has 0 bridgehead atoms. The smallest absolute Gasteiger partial charge is 0.300 e. The highest BCUT2D eigenvalue weighted by atomic mass is 16.4. The lowest BCUT2D eigenvalue weighted by Crippen LogP contribution is -1.80. The van der Waals surface area contributed by atoms with Crippen molar-refractivity contribution in [3.8, 4) is 0 Å². The summed E-state index contributed by atoms with van der Waals surface area (Å²) in [5, 5.41) is 16.0. The summed E-state index contributed by atoms with van der Waals surface area (Å²) in [4.78, 5) is 9.00. The van der Waals surface area contributed by atoms with Gasteiger partial charge in [0.05, 0.1) is 6.61 Å². The predicted octanol–water partition coefficient (Wildman–Crippen LogP) is 2.76. The molecule has 0 aromatic heterocycles. The number of hydrogen-bond acceptors (Lipinski definition) is 2. The zero-order valence-corrected chi connectivity index (χ0v) is 10.1. The van der Waals surface area contributed by atoms with Gasteiger partial charge in [-0.3, -0.25) is 4.79 Å². The van der Waals surface area contributed by atoms with Gasteiger partial charge in [-0.05, 0) is 33.6 Å². The van der Waals surface area contributed by atoms with E-state index in [1.54, 1.807) is 0 Å². The van der Waals surface area contributed by atoms with Crippen molar-refractivity contribution in [2.45, 2.75) is 40.5 Å². The fraction of sp³-hybridized carbons (Fsp3) is 0.583. The molecule has 3 nitrogen and oxygen atoms in total. The van der Waals surface area contributed by atoms with E-state index in [9.17, 15) is 0 Å². The third-order valence-corrected chi connectivity index (χ3v) is 1.53. The molecule has 0 aromatic rings. The van der Waals surface area contributed by atoms with E-state index in [4.69, 9.17) is 15.0 Å². The lowest BCUT2D eigenvalue weighted by Gasteiger charge is -1.96. The first kappa shape index (κ1) is 16.3. The Kier molecular flexibility index (Phi) is 12.0. The molecule has 0 aromatic carbocycles. The Labute approximate surface area is 92.1 Å². The Morgan fingerprint density at radius 3 is 1.93 bits per heavy atom. The lowest BCUT2D eigenvalue weighted by atomic mass is 10.1. The van der Waals surface area contributed by atoms with Crippen molar-refractivity contribution in [3.63, 3.8) is 0 Å². The van der Waals surface area contributed by atoms with Crippen molar-refractivity contribution >= 4 is 5.97 Å². The maximum Gasteiger partial charge on any atom is 0.300 e. The second-order valence-electron chi connectivity index (χ2n) is 3.57. The van der Waals surface area contributed by atoms with Crippen molar-refractivity contribution in [3.05, 3.63) is 23.3 Å². The number of carboxylic acid groups (broad SMARTS) is 1. The Morgan fingerprint density at radius 2 is 1.60 bits per heavy atom. The predicted molar refractivity (Wildman–Crippen MR) is 62.8 cm³/mol. The van der Waals surface area contributed by atoms with Gasteiger partial charge in [0, 0.05) is 6.92 Å². The number of allylic oxidation sites excluding steroid dienone is 3. The van der Waals surface area contributed by atoms with E-state index in [2.05, 4.69) is 26.8 Å². The van der Waals surface area contributed by atoms with Gasteiger partial charge in [0.1, 0.15) is 0 Å². The van der Waals surface area contributed by atoms with Crippen LogP contribution in [0.25, 0.3) is 0 Å². The van der Waals surface area contributed by atoms with Crippen LogP contribution in [0.15, 0.2) is 23.3 Å². The third kappa shape index (κ3) is 24.6. The molecule has 0 amide bonds. The second kappa shape index (κ2) is 11.0. The van der Waals surface area contributed by atoms with Gasteiger partial charge in [-0.1, -0.05) is 23.3 Å². The van der Waals surface area contributed by atoms with Crippen molar-refractivity contribution in [2.75, 3.05) is 6.61 Å². The summed E-state index contributed by atoms with van der Waals surface area (Å²) in [6, 6.07) is 0. The van der Waals surface area contributed by atoms with Gasteiger partial charge in [0.2, 0.25) is 0 Å². The molecular weight excluding hydrogens is 192 g/mol. The minimum absolute atomic E-state index is 0.167. The number of aliphatic hydroxyl groups excluding tert-OH is 1. The summed E-state index contributed by atoms with van der Waals surface area (Å²) in [5.74, 6) is -0.833. The standard InChI is InChI=1S/C10H18O.C2H4O2/c1-9(2)5-4-6-10(3)7-8-11;1-2(3)4/h5,7,11H,4,6,8H2,1-3H3;1H3,(H,3,4)/b10-7-;. The minimum atomic E-state index is -0.833. The molecule has 0 radical (unpaired) electrons. The van der Waals surface area contributed by atoms with Crippen molar-refractivity contribution in [1.29, 1.82) is 0 Å². The highest BCUT2D eigenvalue weighted by Crippen LogP contribution is 2.05. The van der Waals surface area contributed by atoms with Gasteiger partial charge in [-0.15, -0.1) is 0 Å². The molecular formula is C12H22O3. The van der Waals surface area contributed by atoms with Gasteiger partial charge in [0.25, 0.3) is 5.97 Å². The van der Waals surface area contributed by atoms with E-state index < -0.39 is 5.97 Å². The van der Waals surface area contributed by atoms with E-state index in [1.807, 2.05) is 6.08 Å². The van der Waals surface area contributed by atoms with E-state index in [-0.39, 0.29) is 6.61 Å². The number of aliphatic carboxylic acids is 1. The first-order valence-electron chi connectivity index (χ1n) is 4.99. The molecule has 15 heavy (non-hydrogen) atoms. The highest BCUT2D eigenvalue weighted by Gasteiger charge is 1.86. The van der Waals surface area contributed by atoms with Gasteiger partial charge < -0.3 is 10.2 Å². The number of hydrogen-bond donors (Lipinski definition) is 2. The van der Waals surface area contributed by atoms with Crippen LogP contribution < -0.4 is 0 Å². The van der Waals surface area contributed by atoms with Gasteiger partial charge in [-0.25, -0.2) is 0 Å². The summed E-state index contributed by atoms with van der Waals surface area (Å²) in [6.45, 7) is 7.51. The minimum Gasteiger partial charge on any atom is -0.481 e. The highest BCUT2D eigenvalue weighted by molar-refractivity contribution is 5.62. The van der Waals surface area contributed by atoms with Crippen LogP contribution in [-0.2, 0) is 4.79 Å². The molecule has 0 fully saturated rings. The first-order valence-corrected chi connectivity index (χ1v) is 4.99. The van der Waals surface area contributed by atoms with Crippen LogP contribution in [0.2, 0.25) is 0 Å². The number of carboxylic acids is 1. The van der Waals surface area contributed by atoms with Gasteiger partial charge in [0.15, 0.2) is 0 Å². The normalized spacial score (nSPS) is 10.1. The molecule has 2 N–H and O–H groups in total. The van der Waals surface area contributed by atoms with Crippen LogP contribution in [0.3, 0.4) is 0 Å². The Hall–Kier alpha value is -1.09. The van der Waals surface area contributed by atoms with E-state index in [0.29, 0.717) is 0 Å². The fourth-order valence-corrected chi connectivity index (χ4v) is 0.846. The maximum atomic E-state index is 9.00. The third-order valence-electron chi connectivity index (χ3n) is 1.53. The van der Waals surface area contributed by atoms with Crippen LogP contribution in [0.5, 0.6) is 0 Å². The molecule has 0 aliphatic heterocycles. The molecule has 0 rings (SSSR count). The van der Waals surface area contributed by atoms with Gasteiger partial charge >= 0.3 is 0 Å². The molecule has 3 heteroatoms.